The Morgan fingerprint density at radius 2 is 1.66 bits per heavy atom. The van der Waals surface area contributed by atoms with E-state index in [9.17, 15) is 9.90 Å². The van der Waals surface area contributed by atoms with Gasteiger partial charge in [0.25, 0.3) is 0 Å². The Bertz CT molecular complexity index is 1230. The number of likely N-dealkylation sites (tertiary alicyclic amines) is 1. The van der Waals surface area contributed by atoms with Crippen LogP contribution >= 0.6 is 0 Å². The summed E-state index contributed by atoms with van der Waals surface area (Å²) in [6.07, 6.45) is 10.9. The van der Waals surface area contributed by atoms with Gasteiger partial charge in [-0.3, -0.25) is 9.89 Å². The van der Waals surface area contributed by atoms with Gasteiger partial charge in [0.2, 0.25) is 0 Å². The molecule has 2 aliphatic carbocycles. The molecule has 2 unspecified atom stereocenters. The molecule has 3 fully saturated rings. The third-order valence-electron chi connectivity index (χ3n) is 10.1. The molecule has 6 heteroatoms. The lowest BCUT2D eigenvalue weighted by atomic mass is 9.83. The molecule has 0 bridgehead atoms. The van der Waals surface area contributed by atoms with Crippen molar-refractivity contribution in [2.24, 2.45) is 11.8 Å². The summed E-state index contributed by atoms with van der Waals surface area (Å²) in [6.45, 7) is 3.29. The molecular formula is C35H46N4O2. The van der Waals surface area contributed by atoms with Gasteiger partial charge in [-0.2, -0.15) is 5.10 Å². The second kappa shape index (κ2) is 13.3. The molecule has 1 aromatic heterocycles. The fourth-order valence-corrected chi connectivity index (χ4v) is 7.94. The van der Waals surface area contributed by atoms with E-state index in [4.69, 9.17) is 5.10 Å². The molecule has 41 heavy (non-hydrogen) atoms. The first-order valence-corrected chi connectivity index (χ1v) is 16.0. The van der Waals surface area contributed by atoms with Crippen molar-refractivity contribution in [2.75, 3.05) is 19.6 Å². The summed E-state index contributed by atoms with van der Waals surface area (Å²) in [6, 6.07) is 23.6. The van der Waals surface area contributed by atoms with Gasteiger partial charge < -0.3 is 15.3 Å². The van der Waals surface area contributed by atoms with E-state index in [1.165, 1.54) is 41.8 Å². The van der Waals surface area contributed by atoms with E-state index >= 15 is 0 Å². The van der Waals surface area contributed by atoms with Gasteiger partial charge in [0.05, 0.1) is 5.69 Å². The van der Waals surface area contributed by atoms with Gasteiger partial charge in [-0.1, -0.05) is 79.9 Å². The molecule has 3 aromatic rings. The van der Waals surface area contributed by atoms with Crippen LogP contribution in [0.4, 0.5) is 0 Å². The smallest absolute Gasteiger partial charge is 0.320 e. The van der Waals surface area contributed by atoms with E-state index < -0.39 is 12.0 Å². The topological polar surface area (TPSA) is 81.2 Å². The van der Waals surface area contributed by atoms with Crippen molar-refractivity contribution >= 4 is 5.97 Å². The van der Waals surface area contributed by atoms with Crippen molar-refractivity contribution in [2.45, 2.75) is 88.1 Å². The Morgan fingerprint density at radius 1 is 0.951 bits per heavy atom. The van der Waals surface area contributed by atoms with Crippen molar-refractivity contribution in [1.29, 1.82) is 0 Å². The molecule has 6 nitrogen and oxygen atoms in total. The first kappa shape index (κ1) is 28.2. The van der Waals surface area contributed by atoms with Crippen LogP contribution in [-0.2, 0) is 11.2 Å². The van der Waals surface area contributed by atoms with Crippen LogP contribution in [0.1, 0.15) is 92.1 Å². The molecule has 2 saturated carbocycles. The molecule has 3 N–H and O–H groups in total. The summed E-state index contributed by atoms with van der Waals surface area (Å²) in [5.74, 6) is 1.13. The maximum Gasteiger partial charge on any atom is 0.320 e. The van der Waals surface area contributed by atoms with Gasteiger partial charge in [0.1, 0.15) is 6.04 Å². The minimum Gasteiger partial charge on any atom is -0.480 e. The zero-order valence-electron chi connectivity index (χ0n) is 24.3. The molecular weight excluding hydrogens is 508 g/mol. The van der Waals surface area contributed by atoms with Crippen LogP contribution in [-0.4, -0.2) is 57.9 Å². The highest BCUT2D eigenvalue weighted by Gasteiger charge is 2.40. The number of piperidine rings is 1. The third-order valence-corrected chi connectivity index (χ3v) is 10.1. The van der Waals surface area contributed by atoms with Crippen LogP contribution in [0, 0.1) is 11.8 Å². The van der Waals surface area contributed by atoms with Gasteiger partial charge in [0, 0.05) is 30.6 Å². The average molecular weight is 555 g/mol. The zero-order valence-corrected chi connectivity index (χ0v) is 24.3. The Morgan fingerprint density at radius 3 is 2.37 bits per heavy atom. The number of benzene rings is 2. The van der Waals surface area contributed by atoms with Crippen molar-refractivity contribution < 1.29 is 9.90 Å². The minimum absolute atomic E-state index is 0.262. The fourth-order valence-electron chi connectivity index (χ4n) is 7.94. The average Bonchev–Trinajstić information content (AvgIpc) is 3.64. The van der Waals surface area contributed by atoms with Crippen LogP contribution in [0.2, 0.25) is 0 Å². The summed E-state index contributed by atoms with van der Waals surface area (Å²) in [7, 11) is 0. The van der Waals surface area contributed by atoms with Crippen molar-refractivity contribution in [3.05, 3.63) is 89.2 Å². The lowest BCUT2D eigenvalue weighted by molar-refractivity contribution is -0.141. The minimum atomic E-state index is -0.663. The third kappa shape index (κ3) is 7.10. The number of nitrogens with zero attached hydrogens (tertiary/aromatic N) is 2. The summed E-state index contributed by atoms with van der Waals surface area (Å²) >= 11 is 0. The molecule has 0 radical (unpaired) electrons. The van der Waals surface area contributed by atoms with Crippen LogP contribution in [0.3, 0.4) is 0 Å². The van der Waals surface area contributed by atoms with Crippen molar-refractivity contribution in [3.8, 4) is 0 Å². The number of carboxylic acids is 1. The fraction of sp³-hybridized carbons (Fsp3) is 0.543. The predicted molar refractivity (Wildman–Crippen MR) is 163 cm³/mol. The number of carboxylic acid groups (broad SMARTS) is 1. The number of hydrogen-bond acceptors (Lipinski definition) is 4. The van der Waals surface area contributed by atoms with Crippen LogP contribution in [0.15, 0.2) is 66.7 Å². The van der Waals surface area contributed by atoms with Crippen molar-refractivity contribution in [1.82, 2.24) is 20.4 Å². The second-order valence-electron chi connectivity index (χ2n) is 12.9. The monoisotopic (exact) mass is 554 g/mol. The number of aromatic nitrogens is 2. The number of aromatic amines is 1. The molecule has 218 valence electrons. The van der Waals surface area contributed by atoms with E-state index in [2.05, 4.69) is 82.0 Å². The lowest BCUT2D eigenvalue weighted by Crippen LogP contribution is -2.48. The molecule has 0 amide bonds. The van der Waals surface area contributed by atoms with Gasteiger partial charge in [-0.05, 0) is 86.6 Å². The number of carbonyl (C=O) groups is 1. The maximum atomic E-state index is 12.3. The standard InChI is InChI=1S/C35H46N4O2/c40-35(41)34(28-14-8-3-9-15-28)36-30-21-29(32(22-30)26-12-6-2-7-13-26)24-39-18-16-27(17-19-39)33-23-31(37-38-33)20-25-10-4-1-5-11-25/h1-2,4-7,10-13,23,27-30,32,34,36H,3,8-9,14-22,24H2,(H,37,38)(H,40,41)/t29-,30?,32-,34?/m1/s1. The summed E-state index contributed by atoms with van der Waals surface area (Å²) in [5, 5.41) is 21.8. The summed E-state index contributed by atoms with van der Waals surface area (Å²) < 4.78 is 0. The first-order valence-electron chi connectivity index (χ1n) is 16.0. The molecule has 6 rings (SSSR count). The normalized spacial score (nSPS) is 25.3. The number of hydrogen-bond donors (Lipinski definition) is 3. The Labute approximate surface area is 244 Å². The lowest BCUT2D eigenvalue weighted by Gasteiger charge is -2.34. The second-order valence-corrected chi connectivity index (χ2v) is 12.9. The molecule has 2 aromatic carbocycles. The van der Waals surface area contributed by atoms with E-state index in [-0.39, 0.29) is 12.0 Å². The zero-order chi connectivity index (χ0) is 28.0. The number of aliphatic carboxylic acids is 1. The number of rotatable bonds is 10. The highest BCUT2D eigenvalue weighted by Crippen LogP contribution is 2.42. The molecule has 0 spiro atoms. The van der Waals surface area contributed by atoms with Crippen LogP contribution in [0.25, 0.3) is 0 Å². The van der Waals surface area contributed by atoms with Gasteiger partial charge in [-0.15, -0.1) is 0 Å². The van der Waals surface area contributed by atoms with E-state index in [0.29, 0.717) is 17.8 Å². The molecule has 1 aliphatic heterocycles. The molecule has 1 saturated heterocycles. The first-order chi connectivity index (χ1) is 20.1. The quantitative estimate of drug-likeness (QED) is 0.272. The molecule has 4 atom stereocenters. The number of nitrogens with one attached hydrogen (secondary N) is 2. The maximum absolute atomic E-state index is 12.3. The van der Waals surface area contributed by atoms with Crippen molar-refractivity contribution in [3.63, 3.8) is 0 Å². The highest BCUT2D eigenvalue weighted by molar-refractivity contribution is 5.74. The highest BCUT2D eigenvalue weighted by atomic mass is 16.4. The van der Waals surface area contributed by atoms with Gasteiger partial charge in [-0.25, -0.2) is 0 Å². The molecule has 2 heterocycles. The van der Waals surface area contributed by atoms with E-state index in [0.717, 1.165) is 64.6 Å². The summed E-state index contributed by atoms with van der Waals surface area (Å²) in [4.78, 5) is 15.0. The largest absolute Gasteiger partial charge is 0.480 e. The van der Waals surface area contributed by atoms with Crippen LogP contribution < -0.4 is 5.32 Å². The van der Waals surface area contributed by atoms with Gasteiger partial charge >= 0.3 is 5.97 Å². The van der Waals surface area contributed by atoms with E-state index in [1.54, 1.807) is 0 Å². The van der Waals surface area contributed by atoms with Gasteiger partial charge in [0.15, 0.2) is 0 Å². The predicted octanol–water partition coefficient (Wildman–Crippen LogP) is 6.37. The van der Waals surface area contributed by atoms with Crippen LogP contribution in [0.5, 0.6) is 0 Å². The SMILES string of the molecule is O=C(O)C(NC1C[C@H](CN2CCC(c3cc(Cc4ccccc4)[nH]n3)CC2)[C@@H](c2ccccc2)C1)C1CCCCC1. The Hall–Kier alpha value is -2.96. The van der Waals surface area contributed by atoms with E-state index in [1.807, 2.05) is 0 Å². The Kier molecular flexibility index (Phi) is 9.17. The number of H-pyrrole nitrogens is 1. The molecule has 3 aliphatic rings. The Balaban J connectivity index is 1.06. The summed E-state index contributed by atoms with van der Waals surface area (Å²) in [5.41, 5.74) is 5.12.